The van der Waals surface area contributed by atoms with Crippen LogP contribution in [0.15, 0.2) is 43.0 Å². The molecule has 0 N–H and O–H groups in total. The largest absolute Gasteiger partial charge is 0.339 e. The van der Waals surface area contributed by atoms with Gasteiger partial charge in [0.15, 0.2) is 0 Å². The van der Waals surface area contributed by atoms with E-state index in [9.17, 15) is 4.79 Å². The smallest absolute Gasteiger partial charge is 0.242 e. The van der Waals surface area contributed by atoms with Gasteiger partial charge in [-0.15, -0.1) is 0 Å². The lowest BCUT2D eigenvalue weighted by Crippen LogP contribution is -2.49. The van der Waals surface area contributed by atoms with Crippen molar-refractivity contribution in [2.75, 3.05) is 26.2 Å². The Kier molecular flexibility index (Phi) is 4.75. The molecule has 2 heterocycles. The molecule has 22 heavy (non-hydrogen) atoms. The molecule has 1 fully saturated rings. The molecule has 1 aliphatic rings. The van der Waals surface area contributed by atoms with E-state index >= 15 is 0 Å². The van der Waals surface area contributed by atoms with Crippen molar-refractivity contribution in [3.8, 4) is 0 Å². The van der Waals surface area contributed by atoms with Crippen LogP contribution in [0.1, 0.15) is 5.56 Å². The summed E-state index contributed by atoms with van der Waals surface area (Å²) in [6, 6.07) is 7.95. The van der Waals surface area contributed by atoms with E-state index in [-0.39, 0.29) is 5.91 Å². The number of benzene rings is 1. The molecule has 5 nitrogen and oxygen atoms in total. The van der Waals surface area contributed by atoms with Crippen molar-refractivity contribution >= 4 is 17.5 Å². The van der Waals surface area contributed by atoms with E-state index in [4.69, 9.17) is 11.6 Å². The molecule has 1 aliphatic heterocycles. The SMILES string of the molecule is O=C(Cn1ccnc1)N1CCN(Cc2ccc(Cl)cc2)CC1. The van der Waals surface area contributed by atoms with Crippen LogP contribution in [0.2, 0.25) is 5.02 Å². The summed E-state index contributed by atoms with van der Waals surface area (Å²) in [5.41, 5.74) is 1.25. The molecule has 0 radical (unpaired) electrons. The van der Waals surface area contributed by atoms with Crippen LogP contribution >= 0.6 is 11.6 Å². The lowest BCUT2D eigenvalue weighted by atomic mass is 10.2. The molecule has 0 bridgehead atoms. The fraction of sp³-hybridized carbons (Fsp3) is 0.375. The van der Waals surface area contributed by atoms with Gasteiger partial charge in [-0.25, -0.2) is 4.98 Å². The van der Waals surface area contributed by atoms with Crippen LogP contribution in [0.25, 0.3) is 0 Å². The van der Waals surface area contributed by atoms with Crippen molar-refractivity contribution in [2.24, 2.45) is 0 Å². The number of amides is 1. The van der Waals surface area contributed by atoms with Gasteiger partial charge in [0.25, 0.3) is 0 Å². The predicted octanol–water partition coefficient (Wildman–Crippen LogP) is 1.88. The quantitative estimate of drug-likeness (QED) is 0.864. The van der Waals surface area contributed by atoms with Crippen molar-refractivity contribution < 1.29 is 4.79 Å². The van der Waals surface area contributed by atoms with Crippen LogP contribution in [0.3, 0.4) is 0 Å². The van der Waals surface area contributed by atoms with Crippen molar-refractivity contribution in [1.82, 2.24) is 19.4 Å². The van der Waals surface area contributed by atoms with Crippen molar-refractivity contribution in [1.29, 1.82) is 0 Å². The molecule has 116 valence electrons. The summed E-state index contributed by atoms with van der Waals surface area (Å²) in [7, 11) is 0. The minimum atomic E-state index is 0.157. The molecule has 1 aromatic carbocycles. The number of halogens is 1. The number of nitrogens with zero attached hydrogens (tertiary/aromatic N) is 4. The van der Waals surface area contributed by atoms with Crippen molar-refractivity contribution in [3.05, 3.63) is 53.6 Å². The molecule has 0 spiro atoms. The summed E-state index contributed by atoms with van der Waals surface area (Å²) in [5.74, 6) is 0.157. The summed E-state index contributed by atoms with van der Waals surface area (Å²) >= 11 is 5.90. The third kappa shape index (κ3) is 3.87. The lowest BCUT2D eigenvalue weighted by Gasteiger charge is -2.34. The van der Waals surface area contributed by atoms with Gasteiger partial charge in [-0.3, -0.25) is 9.69 Å². The van der Waals surface area contributed by atoms with Crippen LogP contribution in [0.5, 0.6) is 0 Å². The maximum Gasteiger partial charge on any atom is 0.242 e. The van der Waals surface area contributed by atoms with Crippen LogP contribution < -0.4 is 0 Å². The van der Waals surface area contributed by atoms with Gasteiger partial charge in [0, 0.05) is 50.1 Å². The zero-order valence-corrected chi connectivity index (χ0v) is 13.1. The molecule has 0 unspecified atom stereocenters. The molecule has 2 aromatic rings. The van der Waals surface area contributed by atoms with E-state index in [1.807, 2.05) is 27.8 Å². The maximum absolute atomic E-state index is 12.2. The van der Waals surface area contributed by atoms with Crippen LogP contribution in [0, 0.1) is 0 Å². The zero-order valence-electron chi connectivity index (χ0n) is 12.4. The Morgan fingerprint density at radius 2 is 1.86 bits per heavy atom. The van der Waals surface area contributed by atoms with Crippen molar-refractivity contribution in [3.63, 3.8) is 0 Å². The van der Waals surface area contributed by atoms with Crippen LogP contribution in [-0.4, -0.2) is 51.4 Å². The van der Waals surface area contributed by atoms with Gasteiger partial charge in [-0.2, -0.15) is 0 Å². The van der Waals surface area contributed by atoms with Gasteiger partial charge in [-0.05, 0) is 17.7 Å². The number of piperazine rings is 1. The third-order valence-electron chi connectivity index (χ3n) is 3.92. The summed E-state index contributed by atoms with van der Waals surface area (Å²) < 4.78 is 1.81. The average molecular weight is 319 g/mol. The van der Waals surface area contributed by atoms with E-state index in [0.29, 0.717) is 6.54 Å². The second-order valence-electron chi connectivity index (χ2n) is 5.52. The molecule has 0 atom stereocenters. The average Bonchev–Trinajstić information content (AvgIpc) is 3.03. The van der Waals surface area contributed by atoms with Gasteiger partial charge < -0.3 is 9.47 Å². The zero-order chi connectivity index (χ0) is 15.4. The molecule has 1 amide bonds. The minimum Gasteiger partial charge on any atom is -0.339 e. The Hall–Kier alpha value is -1.85. The number of imidazole rings is 1. The molecule has 6 heteroatoms. The summed E-state index contributed by atoms with van der Waals surface area (Å²) in [5, 5.41) is 0.763. The highest BCUT2D eigenvalue weighted by atomic mass is 35.5. The molecule has 0 aliphatic carbocycles. The number of carbonyl (C=O) groups excluding carboxylic acids is 1. The van der Waals surface area contributed by atoms with E-state index in [2.05, 4.69) is 22.0 Å². The summed E-state index contributed by atoms with van der Waals surface area (Å²) in [6.07, 6.45) is 5.18. The van der Waals surface area contributed by atoms with E-state index in [0.717, 1.165) is 37.7 Å². The first-order valence-electron chi connectivity index (χ1n) is 7.41. The monoisotopic (exact) mass is 318 g/mol. The fourth-order valence-electron chi connectivity index (χ4n) is 2.64. The second-order valence-corrected chi connectivity index (χ2v) is 5.95. The van der Waals surface area contributed by atoms with E-state index in [1.54, 1.807) is 12.5 Å². The highest BCUT2D eigenvalue weighted by molar-refractivity contribution is 6.30. The number of hydrogen-bond acceptors (Lipinski definition) is 3. The topological polar surface area (TPSA) is 41.4 Å². The minimum absolute atomic E-state index is 0.157. The lowest BCUT2D eigenvalue weighted by molar-refractivity contribution is -0.133. The first-order valence-corrected chi connectivity index (χ1v) is 7.79. The fourth-order valence-corrected chi connectivity index (χ4v) is 2.77. The Balaban J connectivity index is 1.47. The van der Waals surface area contributed by atoms with E-state index < -0.39 is 0 Å². The molecule has 3 rings (SSSR count). The predicted molar refractivity (Wildman–Crippen MR) is 85.5 cm³/mol. The Morgan fingerprint density at radius 3 is 2.50 bits per heavy atom. The molecular weight excluding hydrogens is 300 g/mol. The summed E-state index contributed by atoms with van der Waals surface area (Å²) in [4.78, 5) is 20.5. The molecular formula is C16H19ClN4O. The highest BCUT2D eigenvalue weighted by Crippen LogP contribution is 2.13. The van der Waals surface area contributed by atoms with Gasteiger partial charge in [0.05, 0.1) is 6.33 Å². The number of carbonyl (C=O) groups is 1. The standard InChI is InChI=1S/C16H19ClN4O/c17-15-3-1-14(2-4-15)11-19-7-9-21(10-8-19)16(22)12-20-6-5-18-13-20/h1-6,13H,7-12H2. The Labute approximate surface area is 135 Å². The Bertz CT molecular complexity index is 604. The number of rotatable bonds is 4. The maximum atomic E-state index is 12.2. The highest BCUT2D eigenvalue weighted by Gasteiger charge is 2.21. The summed E-state index contributed by atoms with van der Waals surface area (Å²) in [6.45, 7) is 4.64. The second kappa shape index (κ2) is 6.94. The normalized spacial score (nSPS) is 16.0. The first kappa shape index (κ1) is 15.1. The first-order chi connectivity index (χ1) is 10.7. The number of hydrogen-bond donors (Lipinski definition) is 0. The number of aromatic nitrogens is 2. The van der Waals surface area contributed by atoms with Crippen LogP contribution in [-0.2, 0) is 17.9 Å². The molecule has 0 saturated carbocycles. The van der Waals surface area contributed by atoms with Gasteiger partial charge in [0.1, 0.15) is 6.54 Å². The van der Waals surface area contributed by atoms with Gasteiger partial charge in [0.2, 0.25) is 5.91 Å². The molecule has 1 aromatic heterocycles. The van der Waals surface area contributed by atoms with Gasteiger partial charge >= 0.3 is 0 Å². The Morgan fingerprint density at radius 1 is 1.14 bits per heavy atom. The molecule has 1 saturated heterocycles. The van der Waals surface area contributed by atoms with E-state index in [1.165, 1.54) is 5.56 Å². The van der Waals surface area contributed by atoms with Crippen LogP contribution in [0.4, 0.5) is 0 Å². The van der Waals surface area contributed by atoms with Gasteiger partial charge in [-0.1, -0.05) is 23.7 Å². The third-order valence-corrected chi connectivity index (χ3v) is 4.17. The van der Waals surface area contributed by atoms with Crippen molar-refractivity contribution in [2.45, 2.75) is 13.1 Å².